The van der Waals surface area contributed by atoms with Crippen molar-refractivity contribution >= 4 is 10.9 Å². The van der Waals surface area contributed by atoms with E-state index in [4.69, 9.17) is 15.7 Å². The molecule has 0 amide bonds. The largest absolute Gasteiger partial charge is 0.390 e. The van der Waals surface area contributed by atoms with Crippen LogP contribution in [0.1, 0.15) is 17.0 Å². The Bertz CT molecular complexity index is 1120. The quantitative estimate of drug-likeness (QED) is 0.583. The minimum atomic E-state index is -0.186. The highest BCUT2D eigenvalue weighted by Crippen LogP contribution is 2.28. The van der Waals surface area contributed by atoms with Gasteiger partial charge in [-0.2, -0.15) is 0 Å². The van der Waals surface area contributed by atoms with Crippen LogP contribution in [0.15, 0.2) is 60.8 Å². The van der Waals surface area contributed by atoms with Crippen molar-refractivity contribution in [3.63, 3.8) is 0 Å². The predicted octanol–water partition coefficient (Wildman–Crippen LogP) is 3.62. The molecule has 0 aliphatic rings. The van der Waals surface area contributed by atoms with Gasteiger partial charge in [-0.3, -0.25) is 4.98 Å². The van der Waals surface area contributed by atoms with Gasteiger partial charge in [0.25, 0.3) is 0 Å². The second kappa shape index (κ2) is 7.23. The summed E-state index contributed by atoms with van der Waals surface area (Å²) < 4.78 is 0. The molecule has 3 N–H and O–H groups in total. The highest BCUT2D eigenvalue weighted by molar-refractivity contribution is 5.84. The van der Waals surface area contributed by atoms with Crippen molar-refractivity contribution in [2.24, 2.45) is 5.73 Å². The normalized spacial score (nSPS) is 11.1. The molecule has 0 aliphatic heterocycles. The van der Waals surface area contributed by atoms with Gasteiger partial charge in [-0.1, -0.05) is 36.4 Å². The third-order valence-electron chi connectivity index (χ3n) is 4.61. The Morgan fingerprint density at radius 1 is 0.926 bits per heavy atom. The zero-order chi connectivity index (χ0) is 18.8. The molecular weight excluding hydrogens is 336 g/mol. The number of nitrogens with two attached hydrogens (primary N) is 1. The number of aliphatic hydroxyl groups excluding tert-OH is 1. The summed E-state index contributed by atoms with van der Waals surface area (Å²) in [6, 6.07) is 17.8. The standard InChI is InChI=1S/C22H20N4O/c1-14-21(18-8-7-16-6-3-9-24-19(16)11-18)26-20(13-27)22(25-14)17-5-2-4-15(10-17)12-23/h2-11,27H,12-13,23H2,1H3. The Morgan fingerprint density at radius 2 is 1.78 bits per heavy atom. The molecule has 0 unspecified atom stereocenters. The SMILES string of the molecule is Cc1nc(-c2cccc(CN)c2)c(CO)nc1-c1ccc2cccnc2c1. The van der Waals surface area contributed by atoms with Gasteiger partial charge in [0.05, 0.1) is 34.9 Å². The van der Waals surface area contributed by atoms with Crippen molar-refractivity contribution in [3.05, 3.63) is 77.7 Å². The van der Waals surface area contributed by atoms with Crippen molar-refractivity contribution in [3.8, 4) is 22.5 Å². The molecule has 134 valence electrons. The van der Waals surface area contributed by atoms with Crippen LogP contribution in [-0.4, -0.2) is 20.1 Å². The predicted molar refractivity (Wildman–Crippen MR) is 107 cm³/mol. The van der Waals surface area contributed by atoms with E-state index in [1.54, 1.807) is 6.20 Å². The summed E-state index contributed by atoms with van der Waals surface area (Å²) in [7, 11) is 0. The van der Waals surface area contributed by atoms with E-state index in [2.05, 4.69) is 4.98 Å². The lowest BCUT2D eigenvalue weighted by atomic mass is 10.0. The number of rotatable bonds is 4. The lowest BCUT2D eigenvalue weighted by molar-refractivity contribution is 0.277. The van der Waals surface area contributed by atoms with Crippen LogP contribution in [0.4, 0.5) is 0 Å². The minimum absolute atomic E-state index is 0.186. The maximum atomic E-state index is 9.90. The first-order valence-electron chi connectivity index (χ1n) is 8.82. The van der Waals surface area contributed by atoms with E-state index in [1.165, 1.54) is 0 Å². The molecule has 0 spiro atoms. The van der Waals surface area contributed by atoms with Crippen LogP contribution in [0.3, 0.4) is 0 Å². The average molecular weight is 356 g/mol. The summed E-state index contributed by atoms with van der Waals surface area (Å²) in [5, 5.41) is 11.0. The fraction of sp³-hybridized carbons (Fsp3) is 0.136. The van der Waals surface area contributed by atoms with Crippen LogP contribution >= 0.6 is 0 Å². The van der Waals surface area contributed by atoms with Gasteiger partial charge in [-0.25, -0.2) is 9.97 Å². The molecule has 4 rings (SSSR count). The highest BCUT2D eigenvalue weighted by atomic mass is 16.3. The molecule has 0 atom stereocenters. The average Bonchev–Trinajstić information content (AvgIpc) is 2.73. The van der Waals surface area contributed by atoms with Crippen LogP contribution in [0, 0.1) is 6.92 Å². The summed E-state index contributed by atoms with van der Waals surface area (Å²) in [5.74, 6) is 0. The van der Waals surface area contributed by atoms with E-state index in [0.29, 0.717) is 17.9 Å². The number of benzene rings is 2. The molecular formula is C22H20N4O. The van der Waals surface area contributed by atoms with Crippen molar-refractivity contribution in [2.75, 3.05) is 0 Å². The molecule has 4 aromatic rings. The van der Waals surface area contributed by atoms with Crippen molar-refractivity contribution in [2.45, 2.75) is 20.1 Å². The number of fused-ring (bicyclic) bond motifs is 1. The number of hydrogen-bond donors (Lipinski definition) is 2. The zero-order valence-electron chi connectivity index (χ0n) is 15.1. The summed E-state index contributed by atoms with van der Waals surface area (Å²) in [4.78, 5) is 13.9. The molecule has 2 aromatic heterocycles. The minimum Gasteiger partial charge on any atom is -0.390 e. The molecule has 2 aromatic carbocycles. The highest BCUT2D eigenvalue weighted by Gasteiger charge is 2.14. The molecule has 0 aliphatic carbocycles. The fourth-order valence-electron chi connectivity index (χ4n) is 3.23. The number of aryl methyl sites for hydroxylation is 1. The van der Waals surface area contributed by atoms with Gasteiger partial charge in [0.2, 0.25) is 0 Å². The van der Waals surface area contributed by atoms with E-state index in [-0.39, 0.29) is 6.61 Å². The van der Waals surface area contributed by atoms with Gasteiger partial charge in [0.1, 0.15) is 0 Å². The molecule has 0 saturated carbocycles. The molecule has 5 nitrogen and oxygen atoms in total. The van der Waals surface area contributed by atoms with E-state index in [1.807, 2.05) is 61.5 Å². The monoisotopic (exact) mass is 356 g/mol. The van der Waals surface area contributed by atoms with Crippen molar-refractivity contribution < 1.29 is 5.11 Å². The third kappa shape index (κ3) is 3.30. The Morgan fingerprint density at radius 3 is 2.59 bits per heavy atom. The van der Waals surface area contributed by atoms with E-state index in [9.17, 15) is 5.11 Å². The second-order valence-electron chi connectivity index (χ2n) is 6.43. The maximum absolute atomic E-state index is 9.90. The zero-order valence-corrected chi connectivity index (χ0v) is 15.1. The molecule has 2 heterocycles. The smallest absolute Gasteiger partial charge is 0.0945 e. The number of aromatic nitrogens is 3. The maximum Gasteiger partial charge on any atom is 0.0945 e. The Balaban J connectivity index is 1.85. The summed E-state index contributed by atoms with van der Waals surface area (Å²) in [5.41, 5.74) is 12.3. The first-order valence-corrected chi connectivity index (χ1v) is 8.82. The van der Waals surface area contributed by atoms with E-state index >= 15 is 0 Å². The van der Waals surface area contributed by atoms with Crippen molar-refractivity contribution in [1.29, 1.82) is 0 Å². The fourth-order valence-corrected chi connectivity index (χ4v) is 3.23. The van der Waals surface area contributed by atoms with Crippen LogP contribution in [-0.2, 0) is 13.2 Å². The van der Waals surface area contributed by atoms with Gasteiger partial charge in [0, 0.05) is 29.3 Å². The lowest BCUT2D eigenvalue weighted by Crippen LogP contribution is -2.04. The van der Waals surface area contributed by atoms with Gasteiger partial charge in [-0.05, 0) is 30.7 Å². The molecule has 0 saturated heterocycles. The van der Waals surface area contributed by atoms with Crippen LogP contribution in [0.2, 0.25) is 0 Å². The summed E-state index contributed by atoms with van der Waals surface area (Å²) in [6.07, 6.45) is 1.78. The lowest BCUT2D eigenvalue weighted by Gasteiger charge is -2.13. The van der Waals surface area contributed by atoms with Crippen molar-refractivity contribution in [1.82, 2.24) is 15.0 Å². The van der Waals surface area contributed by atoms with Gasteiger partial charge < -0.3 is 10.8 Å². The van der Waals surface area contributed by atoms with E-state index in [0.717, 1.165) is 39.0 Å². The number of nitrogens with zero attached hydrogens (tertiary/aromatic N) is 3. The molecule has 0 bridgehead atoms. The number of aliphatic hydroxyl groups is 1. The molecule has 27 heavy (non-hydrogen) atoms. The number of pyridine rings is 1. The van der Waals surface area contributed by atoms with Gasteiger partial charge in [-0.15, -0.1) is 0 Å². The third-order valence-corrected chi connectivity index (χ3v) is 4.61. The Labute approximate surface area is 157 Å². The first kappa shape index (κ1) is 17.3. The number of hydrogen-bond acceptors (Lipinski definition) is 5. The van der Waals surface area contributed by atoms with Gasteiger partial charge in [0.15, 0.2) is 0 Å². The second-order valence-corrected chi connectivity index (χ2v) is 6.43. The summed E-state index contributed by atoms with van der Waals surface area (Å²) >= 11 is 0. The summed E-state index contributed by atoms with van der Waals surface area (Å²) in [6.45, 7) is 2.20. The topological polar surface area (TPSA) is 84.9 Å². The Hall–Kier alpha value is -3.15. The van der Waals surface area contributed by atoms with Crippen LogP contribution < -0.4 is 5.73 Å². The van der Waals surface area contributed by atoms with E-state index < -0.39 is 0 Å². The van der Waals surface area contributed by atoms with Crippen LogP contribution in [0.5, 0.6) is 0 Å². The first-order chi connectivity index (χ1) is 13.2. The molecule has 5 heteroatoms. The Kier molecular flexibility index (Phi) is 4.62. The van der Waals surface area contributed by atoms with Crippen LogP contribution in [0.25, 0.3) is 33.4 Å². The molecule has 0 fully saturated rings. The molecule has 0 radical (unpaired) electrons. The van der Waals surface area contributed by atoms with Gasteiger partial charge >= 0.3 is 0 Å².